The molecule has 1 saturated heterocycles. The first-order chi connectivity index (χ1) is 28.9. The molecule has 5 aromatic carbocycles. The minimum Gasteiger partial charge on any atom is -0.508 e. The van der Waals surface area contributed by atoms with Crippen LogP contribution in [-0.4, -0.2) is 66.4 Å². The van der Waals surface area contributed by atoms with E-state index in [0.29, 0.717) is 54.4 Å². The SMILES string of the molecule is CC(C)Cc1cc(-c2oc3cc(O)c4c(c3c(=O)c2O)OC2CC3c5c-4cc(CCCO)c4cccc(c54)C(SSCCCC2O)C3O)cc(Cc2cccc(O)c2)c1O. The van der Waals surface area contributed by atoms with Gasteiger partial charge in [-0.3, -0.25) is 4.79 Å². The molecule has 1 fully saturated rings. The molecule has 5 atom stereocenters. The molecule has 0 spiro atoms. The van der Waals surface area contributed by atoms with Crippen molar-refractivity contribution in [2.75, 3.05) is 12.4 Å². The van der Waals surface area contributed by atoms with Crippen LogP contribution in [0.4, 0.5) is 0 Å². The van der Waals surface area contributed by atoms with Crippen LogP contribution in [0.25, 0.3) is 44.2 Å². The number of aryl methyl sites for hydroxylation is 1. The summed E-state index contributed by atoms with van der Waals surface area (Å²) in [5.41, 5.74) is 4.75. The molecular weight excluding hydrogens is 801 g/mol. The molecule has 5 unspecified atom stereocenters. The van der Waals surface area contributed by atoms with E-state index in [-0.39, 0.29) is 75.9 Å². The molecule has 12 heteroatoms. The summed E-state index contributed by atoms with van der Waals surface area (Å²) < 4.78 is 13.2. The second-order valence-electron chi connectivity index (χ2n) is 16.8. The van der Waals surface area contributed by atoms with E-state index in [1.807, 2.05) is 38.1 Å². The van der Waals surface area contributed by atoms with Gasteiger partial charge in [0.2, 0.25) is 11.2 Å². The Hall–Kier alpha value is -4.85. The van der Waals surface area contributed by atoms with Crippen molar-refractivity contribution in [2.24, 2.45) is 5.92 Å². The van der Waals surface area contributed by atoms with Crippen LogP contribution >= 0.6 is 21.6 Å². The summed E-state index contributed by atoms with van der Waals surface area (Å²) in [6.07, 6.45) is 0.311. The van der Waals surface area contributed by atoms with Crippen LogP contribution in [0.15, 0.2) is 75.9 Å². The standard InChI is InChI=1S/C48H48O10S2/c1-23(2)15-26-18-28(19-27(42(26)53)16-24-7-3-9-29(50)17-24)46-45(56)44(55)41-37(58-46)22-35(52)40-32-20-25(8-5-13-49)30-10-4-11-31-38(30)39(32)33-21-36(57-47(40)41)34(51)12-6-14-59-60-48(31)43(33)54/h3-4,7,9-11,17-20,22-23,33-34,36,43,48-54,56H,5-6,8,12-16,21H2,1-2H3. The lowest BCUT2D eigenvalue weighted by Gasteiger charge is -2.41. The molecule has 3 heterocycles. The van der Waals surface area contributed by atoms with Crippen molar-refractivity contribution in [3.8, 4) is 51.2 Å². The number of aliphatic hydroxyl groups is 3. The molecule has 1 aromatic heterocycles. The second-order valence-corrected chi connectivity index (χ2v) is 19.4. The molecule has 2 aliphatic heterocycles. The van der Waals surface area contributed by atoms with Crippen molar-refractivity contribution in [3.05, 3.63) is 110 Å². The Bertz CT molecular complexity index is 2710. The highest BCUT2D eigenvalue weighted by Crippen LogP contribution is 2.59. The molecule has 9 rings (SSSR count). The normalized spacial score (nSPS) is 21.1. The Morgan fingerprint density at radius 3 is 2.48 bits per heavy atom. The third kappa shape index (κ3) is 7.05. The average molecular weight is 849 g/mol. The number of hydrogen-bond donors (Lipinski definition) is 7. The van der Waals surface area contributed by atoms with Crippen LogP contribution < -0.4 is 10.2 Å². The van der Waals surface area contributed by atoms with E-state index in [2.05, 4.69) is 6.07 Å². The summed E-state index contributed by atoms with van der Waals surface area (Å²) >= 11 is 0. The fraction of sp³-hybridized carbons (Fsp3) is 0.354. The lowest BCUT2D eigenvalue weighted by molar-refractivity contribution is 0.00975. The summed E-state index contributed by atoms with van der Waals surface area (Å²) in [6.45, 7) is 4.01. The Labute approximate surface area is 354 Å². The molecule has 312 valence electrons. The molecule has 10 nitrogen and oxygen atoms in total. The average Bonchev–Trinajstić information content (AvgIpc) is 3.22. The van der Waals surface area contributed by atoms with Gasteiger partial charge in [-0.2, -0.15) is 0 Å². The van der Waals surface area contributed by atoms with Gasteiger partial charge in [-0.05, 0) is 124 Å². The van der Waals surface area contributed by atoms with E-state index in [1.165, 1.54) is 6.07 Å². The van der Waals surface area contributed by atoms with Gasteiger partial charge in [0.25, 0.3) is 0 Å². The quantitative estimate of drug-likeness (QED) is 0.0724. The van der Waals surface area contributed by atoms with Crippen LogP contribution in [-0.2, 0) is 19.3 Å². The van der Waals surface area contributed by atoms with Gasteiger partial charge in [-0.25, -0.2) is 0 Å². The van der Waals surface area contributed by atoms with Gasteiger partial charge in [0, 0.05) is 36.3 Å². The van der Waals surface area contributed by atoms with E-state index in [4.69, 9.17) is 9.15 Å². The first-order valence-electron chi connectivity index (χ1n) is 20.6. The van der Waals surface area contributed by atoms with E-state index >= 15 is 0 Å². The molecule has 3 bridgehead atoms. The Balaban J connectivity index is 1.31. The number of ether oxygens (including phenoxy) is 1. The maximum absolute atomic E-state index is 14.8. The van der Waals surface area contributed by atoms with Gasteiger partial charge in [0.1, 0.15) is 40.1 Å². The zero-order valence-corrected chi connectivity index (χ0v) is 35.0. The molecule has 3 aliphatic rings. The third-order valence-electron chi connectivity index (χ3n) is 12.2. The van der Waals surface area contributed by atoms with Crippen molar-refractivity contribution in [1.82, 2.24) is 0 Å². The predicted octanol–water partition coefficient (Wildman–Crippen LogP) is 9.00. The summed E-state index contributed by atoms with van der Waals surface area (Å²) in [5, 5.41) is 81.3. The van der Waals surface area contributed by atoms with Crippen molar-refractivity contribution >= 4 is 43.3 Å². The zero-order valence-electron chi connectivity index (χ0n) is 33.4. The van der Waals surface area contributed by atoms with Crippen molar-refractivity contribution < 1.29 is 44.9 Å². The summed E-state index contributed by atoms with van der Waals surface area (Å²) in [6, 6.07) is 19.4. The predicted molar refractivity (Wildman–Crippen MR) is 237 cm³/mol. The second kappa shape index (κ2) is 16.2. The number of hydrogen-bond acceptors (Lipinski definition) is 12. The number of phenolic OH excluding ortho intramolecular Hbond substituents is 3. The first kappa shape index (κ1) is 40.6. The Morgan fingerprint density at radius 2 is 1.70 bits per heavy atom. The minimum absolute atomic E-state index is 0.0239. The lowest BCUT2D eigenvalue weighted by atomic mass is 9.71. The molecular formula is C48H48O10S2. The zero-order chi connectivity index (χ0) is 42.0. The molecule has 0 amide bonds. The van der Waals surface area contributed by atoms with Crippen LogP contribution in [0.3, 0.4) is 0 Å². The van der Waals surface area contributed by atoms with E-state index in [9.17, 15) is 40.5 Å². The number of benzene rings is 5. The Morgan fingerprint density at radius 1 is 0.900 bits per heavy atom. The third-order valence-corrected chi connectivity index (χ3v) is 15.1. The highest BCUT2D eigenvalue weighted by atomic mass is 33.1. The molecule has 0 radical (unpaired) electrons. The summed E-state index contributed by atoms with van der Waals surface area (Å²) in [7, 11) is 3.30. The first-order valence-corrected chi connectivity index (χ1v) is 23.0. The van der Waals surface area contributed by atoms with Crippen LogP contribution in [0.2, 0.25) is 0 Å². The van der Waals surface area contributed by atoms with Crippen LogP contribution in [0, 0.1) is 5.92 Å². The van der Waals surface area contributed by atoms with E-state index < -0.39 is 35.4 Å². The van der Waals surface area contributed by atoms with E-state index in [0.717, 1.165) is 38.8 Å². The van der Waals surface area contributed by atoms with Crippen LogP contribution in [0.1, 0.15) is 84.1 Å². The molecule has 60 heavy (non-hydrogen) atoms. The van der Waals surface area contributed by atoms with Crippen molar-refractivity contribution in [3.63, 3.8) is 0 Å². The van der Waals surface area contributed by atoms with Crippen LogP contribution in [0.5, 0.6) is 28.7 Å². The number of fused-ring (bicyclic) bond motifs is 7. The van der Waals surface area contributed by atoms with Gasteiger partial charge >= 0.3 is 0 Å². The molecule has 6 aromatic rings. The van der Waals surface area contributed by atoms with Gasteiger partial charge in [-0.1, -0.05) is 65.8 Å². The molecule has 0 saturated carbocycles. The highest BCUT2D eigenvalue weighted by molar-refractivity contribution is 8.76. The topological polar surface area (TPSA) is 181 Å². The maximum atomic E-state index is 14.8. The fourth-order valence-electron chi connectivity index (χ4n) is 9.56. The molecule has 1 aliphatic carbocycles. The van der Waals surface area contributed by atoms with Gasteiger partial charge in [0.15, 0.2) is 5.76 Å². The number of aliphatic hydroxyl groups excluding tert-OH is 3. The van der Waals surface area contributed by atoms with Gasteiger partial charge < -0.3 is 44.9 Å². The largest absolute Gasteiger partial charge is 0.508 e. The smallest absolute Gasteiger partial charge is 0.238 e. The maximum Gasteiger partial charge on any atom is 0.238 e. The highest BCUT2D eigenvalue weighted by Gasteiger charge is 2.45. The molecule has 7 N–H and O–H groups in total. The number of aromatic hydroxyl groups is 4. The Kier molecular flexibility index (Phi) is 11.0. The van der Waals surface area contributed by atoms with Gasteiger partial charge in [-0.15, -0.1) is 0 Å². The number of rotatable bonds is 8. The minimum atomic E-state index is -0.983. The lowest BCUT2D eigenvalue weighted by Crippen LogP contribution is -2.39. The monoisotopic (exact) mass is 848 g/mol. The van der Waals surface area contributed by atoms with Gasteiger partial charge in [0.05, 0.1) is 23.0 Å². The summed E-state index contributed by atoms with van der Waals surface area (Å²) in [4.78, 5) is 14.8. The van der Waals surface area contributed by atoms with Crippen molar-refractivity contribution in [1.29, 1.82) is 0 Å². The summed E-state index contributed by atoms with van der Waals surface area (Å²) in [5.74, 6) is -0.601. The van der Waals surface area contributed by atoms with Crippen molar-refractivity contribution in [2.45, 2.75) is 88.3 Å². The fourth-order valence-corrected chi connectivity index (χ4v) is 12.4. The van der Waals surface area contributed by atoms with E-state index in [1.54, 1.807) is 51.9 Å². The number of phenols is 3.